The summed E-state index contributed by atoms with van der Waals surface area (Å²) < 4.78 is 16.8. The van der Waals surface area contributed by atoms with Crippen LogP contribution in [0.1, 0.15) is 252 Å². The van der Waals surface area contributed by atoms with Gasteiger partial charge in [0.15, 0.2) is 6.10 Å². The molecule has 0 saturated carbocycles. The van der Waals surface area contributed by atoms with Crippen molar-refractivity contribution in [2.24, 2.45) is 0 Å². The largest absolute Gasteiger partial charge is 0.462 e. The van der Waals surface area contributed by atoms with Gasteiger partial charge in [0.05, 0.1) is 0 Å². The highest BCUT2D eigenvalue weighted by atomic mass is 16.6. The Bertz CT molecular complexity index is 1420. The first-order valence-corrected chi connectivity index (χ1v) is 28.4. The Hall–Kier alpha value is -3.93. The molecule has 6 heteroatoms. The molecule has 0 radical (unpaired) electrons. The van der Waals surface area contributed by atoms with Crippen LogP contribution < -0.4 is 0 Å². The minimum absolute atomic E-state index is 0.107. The standard InChI is InChI=1S/C63H104O6/c1-4-7-10-13-16-19-22-25-28-30-31-33-35-38-41-44-47-50-53-56-62(65)68-59-60(58-67-61(64)55-52-49-46-43-40-37-34-27-24-21-18-15-12-9-6-3)69-63(66)57-54-51-48-45-42-39-36-32-29-26-23-20-17-14-11-8-5-2/h16-21,25-29,31,33-34,36,38-39,41,60H,4-15,22-24,30,32,35,37,40,42-59H2,1-3H3/b19-16+,20-17+,21-18+,28-25+,29-26+,33-31+,34-27+,39-36+,41-38+/t60-/m1/s1. The summed E-state index contributed by atoms with van der Waals surface area (Å²) in [6, 6.07) is 0. The smallest absolute Gasteiger partial charge is 0.306 e. The van der Waals surface area contributed by atoms with Gasteiger partial charge in [0.1, 0.15) is 13.2 Å². The quantitative estimate of drug-likeness (QED) is 0.0262. The van der Waals surface area contributed by atoms with Gasteiger partial charge in [0.25, 0.3) is 0 Å². The summed E-state index contributed by atoms with van der Waals surface area (Å²) >= 11 is 0. The molecule has 0 aromatic heterocycles. The van der Waals surface area contributed by atoms with E-state index in [-0.39, 0.29) is 37.5 Å². The van der Waals surface area contributed by atoms with Crippen molar-refractivity contribution in [2.45, 2.75) is 258 Å². The molecule has 0 fully saturated rings. The topological polar surface area (TPSA) is 78.9 Å². The second-order valence-corrected chi connectivity index (χ2v) is 18.5. The zero-order valence-corrected chi connectivity index (χ0v) is 44.8. The molecule has 0 rings (SSSR count). The van der Waals surface area contributed by atoms with Crippen LogP contribution in [0.5, 0.6) is 0 Å². The summed E-state index contributed by atoms with van der Waals surface area (Å²) in [6.07, 6.45) is 76.4. The molecule has 392 valence electrons. The first-order valence-electron chi connectivity index (χ1n) is 28.4. The van der Waals surface area contributed by atoms with Crippen molar-refractivity contribution in [3.8, 4) is 0 Å². The first-order chi connectivity index (χ1) is 34.0. The second kappa shape index (κ2) is 56.7. The molecule has 0 aromatic carbocycles. The SMILES string of the molecule is CCCCC/C=C/C/C=C/C/C=C/C/C=C/CCCCCC(=O)OC[C@@H](COC(=O)CCCCCCC/C=C/C/C=C/CCCCC)OC(=O)CCCCCC/C=C/C/C=C/C/C=C/CCCCC. The van der Waals surface area contributed by atoms with E-state index in [0.29, 0.717) is 12.8 Å². The van der Waals surface area contributed by atoms with Crippen LogP contribution in [0.3, 0.4) is 0 Å². The normalized spacial score (nSPS) is 12.9. The highest BCUT2D eigenvalue weighted by molar-refractivity contribution is 5.71. The number of carbonyl (C=O) groups is 3. The Morgan fingerprint density at radius 2 is 0.522 bits per heavy atom. The minimum Gasteiger partial charge on any atom is -0.462 e. The molecule has 0 bridgehead atoms. The van der Waals surface area contributed by atoms with E-state index in [1.807, 2.05) is 0 Å². The lowest BCUT2D eigenvalue weighted by Crippen LogP contribution is -2.30. The molecule has 69 heavy (non-hydrogen) atoms. The number of carbonyl (C=O) groups excluding carboxylic acids is 3. The summed E-state index contributed by atoms with van der Waals surface area (Å²) in [4.78, 5) is 38.1. The Kier molecular flexibility index (Phi) is 53.4. The van der Waals surface area contributed by atoms with Crippen LogP contribution in [0.25, 0.3) is 0 Å². The zero-order valence-electron chi connectivity index (χ0n) is 44.8. The van der Waals surface area contributed by atoms with E-state index in [9.17, 15) is 14.4 Å². The van der Waals surface area contributed by atoms with Crippen LogP contribution in [-0.4, -0.2) is 37.2 Å². The maximum atomic E-state index is 12.8. The van der Waals surface area contributed by atoms with Crippen LogP contribution in [0.15, 0.2) is 109 Å². The highest BCUT2D eigenvalue weighted by Gasteiger charge is 2.19. The molecule has 0 unspecified atom stereocenters. The van der Waals surface area contributed by atoms with Gasteiger partial charge in [-0.2, -0.15) is 0 Å². The van der Waals surface area contributed by atoms with Crippen LogP contribution in [0.2, 0.25) is 0 Å². The van der Waals surface area contributed by atoms with Gasteiger partial charge >= 0.3 is 17.9 Å². The fourth-order valence-corrected chi connectivity index (χ4v) is 7.40. The minimum atomic E-state index is -0.812. The van der Waals surface area contributed by atoms with Crippen molar-refractivity contribution in [1.29, 1.82) is 0 Å². The van der Waals surface area contributed by atoms with E-state index in [0.717, 1.165) is 135 Å². The molecule has 0 aromatic rings. The van der Waals surface area contributed by atoms with Crippen molar-refractivity contribution < 1.29 is 28.6 Å². The van der Waals surface area contributed by atoms with Crippen molar-refractivity contribution >= 4 is 17.9 Å². The van der Waals surface area contributed by atoms with Crippen LogP contribution in [-0.2, 0) is 28.6 Å². The van der Waals surface area contributed by atoms with E-state index < -0.39 is 6.10 Å². The molecular formula is C63H104O6. The van der Waals surface area contributed by atoms with Gasteiger partial charge in [-0.3, -0.25) is 14.4 Å². The van der Waals surface area contributed by atoms with Crippen molar-refractivity contribution in [2.75, 3.05) is 13.2 Å². The molecule has 0 amide bonds. The predicted octanol–water partition coefficient (Wildman–Crippen LogP) is 19.1. The molecule has 0 N–H and O–H groups in total. The summed E-state index contributed by atoms with van der Waals surface area (Å²) in [7, 11) is 0. The van der Waals surface area contributed by atoms with Gasteiger partial charge in [0, 0.05) is 19.3 Å². The third kappa shape index (κ3) is 54.9. The molecule has 1 atom stereocenters. The number of rotatable bonds is 50. The van der Waals surface area contributed by atoms with Gasteiger partial charge in [-0.25, -0.2) is 0 Å². The lowest BCUT2D eigenvalue weighted by Gasteiger charge is -2.18. The Labute approximate surface area is 425 Å². The lowest BCUT2D eigenvalue weighted by molar-refractivity contribution is -0.167. The van der Waals surface area contributed by atoms with Crippen molar-refractivity contribution in [1.82, 2.24) is 0 Å². The van der Waals surface area contributed by atoms with E-state index in [1.54, 1.807) is 0 Å². The van der Waals surface area contributed by atoms with Crippen molar-refractivity contribution in [3.05, 3.63) is 109 Å². The molecule has 0 aliphatic rings. The first kappa shape index (κ1) is 65.1. The van der Waals surface area contributed by atoms with Crippen molar-refractivity contribution in [3.63, 3.8) is 0 Å². The number of hydrogen-bond acceptors (Lipinski definition) is 6. The maximum Gasteiger partial charge on any atom is 0.306 e. The lowest BCUT2D eigenvalue weighted by atomic mass is 10.1. The molecule has 0 saturated heterocycles. The number of allylic oxidation sites excluding steroid dienone is 18. The van der Waals surface area contributed by atoms with Crippen LogP contribution in [0.4, 0.5) is 0 Å². The van der Waals surface area contributed by atoms with Gasteiger partial charge in [-0.15, -0.1) is 0 Å². The fraction of sp³-hybridized carbons (Fsp3) is 0.667. The Morgan fingerprint density at radius 3 is 0.826 bits per heavy atom. The van der Waals surface area contributed by atoms with Crippen LogP contribution in [0, 0.1) is 0 Å². The maximum absolute atomic E-state index is 12.8. The summed E-state index contributed by atoms with van der Waals surface area (Å²) in [5, 5.41) is 0. The summed E-state index contributed by atoms with van der Waals surface area (Å²) in [6.45, 7) is 6.50. The van der Waals surface area contributed by atoms with Gasteiger partial charge < -0.3 is 14.2 Å². The van der Waals surface area contributed by atoms with E-state index >= 15 is 0 Å². The fourth-order valence-electron chi connectivity index (χ4n) is 7.40. The average molecular weight is 958 g/mol. The third-order valence-corrected chi connectivity index (χ3v) is 11.7. The zero-order chi connectivity index (χ0) is 50.0. The van der Waals surface area contributed by atoms with Gasteiger partial charge in [0.2, 0.25) is 0 Å². The Balaban J connectivity index is 4.53. The van der Waals surface area contributed by atoms with E-state index in [2.05, 4.69) is 130 Å². The highest BCUT2D eigenvalue weighted by Crippen LogP contribution is 2.13. The average Bonchev–Trinajstić information content (AvgIpc) is 3.35. The molecule has 0 aliphatic carbocycles. The number of unbranched alkanes of at least 4 members (excludes halogenated alkanes) is 21. The van der Waals surface area contributed by atoms with E-state index in [4.69, 9.17) is 14.2 Å². The predicted molar refractivity (Wildman–Crippen MR) is 297 cm³/mol. The molecular weight excluding hydrogens is 853 g/mol. The van der Waals surface area contributed by atoms with Crippen LogP contribution >= 0.6 is 0 Å². The second-order valence-electron chi connectivity index (χ2n) is 18.5. The van der Waals surface area contributed by atoms with E-state index in [1.165, 1.54) is 77.0 Å². The third-order valence-electron chi connectivity index (χ3n) is 11.7. The molecule has 0 aliphatic heterocycles. The summed E-state index contributed by atoms with van der Waals surface area (Å²) in [5.74, 6) is -0.974. The molecule has 6 nitrogen and oxygen atoms in total. The summed E-state index contributed by atoms with van der Waals surface area (Å²) in [5.41, 5.74) is 0. The number of ether oxygens (including phenoxy) is 3. The molecule has 0 spiro atoms. The number of hydrogen-bond donors (Lipinski definition) is 0. The Morgan fingerprint density at radius 1 is 0.290 bits per heavy atom. The number of esters is 3. The molecule has 0 heterocycles. The monoisotopic (exact) mass is 957 g/mol. The van der Waals surface area contributed by atoms with Gasteiger partial charge in [-0.1, -0.05) is 207 Å². The van der Waals surface area contributed by atoms with Gasteiger partial charge in [-0.05, 0) is 135 Å².